The van der Waals surface area contributed by atoms with E-state index in [4.69, 9.17) is 9.47 Å². The Kier molecular flexibility index (Phi) is 3.75. The summed E-state index contributed by atoms with van der Waals surface area (Å²) in [5.74, 6) is 0.0118. The predicted octanol–water partition coefficient (Wildman–Crippen LogP) is 3.43. The highest BCUT2D eigenvalue weighted by Gasteiger charge is 2.20. The van der Waals surface area contributed by atoms with Crippen molar-refractivity contribution in [1.29, 1.82) is 5.26 Å². The fraction of sp³-hybridized carbons (Fsp3) is 0.176. The van der Waals surface area contributed by atoms with Crippen LogP contribution in [0.3, 0.4) is 0 Å². The summed E-state index contributed by atoms with van der Waals surface area (Å²) in [4.78, 5) is 12.2. The molecule has 0 bridgehead atoms. The molecule has 2 aromatic carbocycles. The fourth-order valence-electron chi connectivity index (χ4n) is 2.31. The number of hydrogen-bond acceptors (Lipinski definition) is 4. The summed E-state index contributed by atoms with van der Waals surface area (Å²) in [5.41, 5.74) is 1.09. The van der Waals surface area contributed by atoms with Crippen LogP contribution >= 0.6 is 0 Å². The van der Waals surface area contributed by atoms with E-state index in [1.54, 1.807) is 18.2 Å². The van der Waals surface area contributed by atoms with Crippen LogP contribution in [-0.4, -0.2) is 12.6 Å². The van der Waals surface area contributed by atoms with Gasteiger partial charge in [0.05, 0.1) is 12.0 Å². The monoisotopic (exact) mass is 297 g/mol. The van der Waals surface area contributed by atoms with Crippen LogP contribution in [0.4, 0.5) is 4.39 Å². The highest BCUT2D eigenvalue weighted by atomic mass is 19.1. The quantitative estimate of drug-likeness (QED) is 0.811. The average molecular weight is 297 g/mol. The van der Waals surface area contributed by atoms with Crippen LogP contribution in [0.5, 0.6) is 11.5 Å². The first-order valence-electron chi connectivity index (χ1n) is 6.75. The topological polar surface area (TPSA) is 59.3 Å². The number of fused-ring (bicyclic) bond motifs is 1. The summed E-state index contributed by atoms with van der Waals surface area (Å²) in [5, 5.41) is 9.33. The number of rotatable bonds is 4. The highest BCUT2D eigenvalue weighted by Crippen LogP contribution is 2.35. The van der Waals surface area contributed by atoms with E-state index in [-0.39, 0.29) is 19.0 Å². The number of nitriles is 1. The van der Waals surface area contributed by atoms with Crippen LogP contribution in [0.25, 0.3) is 0 Å². The Hall–Kier alpha value is -2.87. The molecule has 0 saturated carbocycles. The third-order valence-corrected chi connectivity index (χ3v) is 3.51. The van der Waals surface area contributed by atoms with Crippen molar-refractivity contribution in [3.05, 3.63) is 59.4 Å². The van der Waals surface area contributed by atoms with E-state index in [0.717, 1.165) is 0 Å². The van der Waals surface area contributed by atoms with Gasteiger partial charge < -0.3 is 9.47 Å². The maximum atomic E-state index is 12.9. The lowest BCUT2D eigenvalue weighted by atomic mass is 9.92. The third-order valence-electron chi connectivity index (χ3n) is 3.51. The normalized spacial score (nSPS) is 13.5. The summed E-state index contributed by atoms with van der Waals surface area (Å²) in [6, 6.07) is 12.6. The molecule has 0 aromatic heterocycles. The molecule has 3 rings (SSSR count). The van der Waals surface area contributed by atoms with Gasteiger partial charge in [0.1, 0.15) is 5.82 Å². The van der Waals surface area contributed by atoms with Crippen molar-refractivity contribution in [2.75, 3.05) is 6.79 Å². The van der Waals surface area contributed by atoms with Gasteiger partial charge in [-0.15, -0.1) is 0 Å². The van der Waals surface area contributed by atoms with Gasteiger partial charge in [-0.05, 0) is 42.0 Å². The summed E-state index contributed by atoms with van der Waals surface area (Å²) >= 11 is 0. The van der Waals surface area contributed by atoms with E-state index >= 15 is 0 Å². The molecule has 0 saturated heterocycles. The molecule has 4 nitrogen and oxygen atoms in total. The second-order valence-electron chi connectivity index (χ2n) is 4.93. The van der Waals surface area contributed by atoms with Gasteiger partial charge in [0, 0.05) is 12.0 Å². The zero-order valence-electron chi connectivity index (χ0n) is 11.6. The number of ether oxygens (including phenoxy) is 2. The lowest BCUT2D eigenvalue weighted by Crippen LogP contribution is -2.06. The van der Waals surface area contributed by atoms with E-state index in [9.17, 15) is 14.4 Å². The number of carbonyl (C=O) groups excluding carboxylic acids is 1. The highest BCUT2D eigenvalue weighted by molar-refractivity contribution is 5.96. The molecule has 0 N–H and O–H groups in total. The Balaban J connectivity index is 1.78. The Morgan fingerprint density at radius 2 is 1.91 bits per heavy atom. The molecule has 1 aliphatic heterocycles. The van der Waals surface area contributed by atoms with Gasteiger partial charge in [0.25, 0.3) is 0 Å². The average Bonchev–Trinajstić information content (AvgIpc) is 3.00. The number of carbonyl (C=O) groups is 1. The minimum absolute atomic E-state index is 0.0295. The molecule has 2 aromatic rings. The van der Waals surface area contributed by atoms with E-state index in [1.165, 1.54) is 24.3 Å². The van der Waals surface area contributed by atoms with Crippen molar-refractivity contribution in [1.82, 2.24) is 0 Å². The molecule has 0 fully saturated rings. The lowest BCUT2D eigenvalue weighted by Gasteiger charge is -2.09. The molecule has 0 unspecified atom stereocenters. The Labute approximate surface area is 126 Å². The number of hydrogen-bond donors (Lipinski definition) is 0. The van der Waals surface area contributed by atoms with E-state index < -0.39 is 11.7 Å². The number of halogens is 1. The molecule has 0 spiro atoms. The zero-order chi connectivity index (χ0) is 15.5. The molecule has 0 aliphatic carbocycles. The van der Waals surface area contributed by atoms with Gasteiger partial charge in [-0.25, -0.2) is 4.39 Å². The second-order valence-corrected chi connectivity index (χ2v) is 4.93. The van der Waals surface area contributed by atoms with Crippen LogP contribution in [0.2, 0.25) is 0 Å². The van der Waals surface area contributed by atoms with Crippen LogP contribution in [0.1, 0.15) is 28.3 Å². The van der Waals surface area contributed by atoms with Crippen LogP contribution < -0.4 is 9.47 Å². The largest absolute Gasteiger partial charge is 0.454 e. The van der Waals surface area contributed by atoms with Gasteiger partial charge in [-0.2, -0.15) is 5.26 Å². The molecule has 1 aliphatic rings. The number of Topliss-reactive ketones (excluding diaryl/α,β-unsaturated/α-hetero) is 1. The Morgan fingerprint density at radius 1 is 1.18 bits per heavy atom. The fourth-order valence-corrected chi connectivity index (χ4v) is 2.31. The first-order chi connectivity index (χ1) is 10.7. The van der Waals surface area contributed by atoms with Crippen molar-refractivity contribution in [3.8, 4) is 17.6 Å². The van der Waals surface area contributed by atoms with Gasteiger partial charge in [-0.1, -0.05) is 6.07 Å². The predicted molar refractivity (Wildman–Crippen MR) is 76.3 cm³/mol. The first-order valence-corrected chi connectivity index (χ1v) is 6.75. The van der Waals surface area contributed by atoms with E-state index in [2.05, 4.69) is 6.07 Å². The molecule has 22 heavy (non-hydrogen) atoms. The summed E-state index contributed by atoms with van der Waals surface area (Å²) < 4.78 is 23.4. The molecule has 5 heteroatoms. The molecular weight excluding hydrogens is 285 g/mol. The summed E-state index contributed by atoms with van der Waals surface area (Å²) in [6.07, 6.45) is 0.0295. The van der Waals surface area contributed by atoms with Crippen molar-refractivity contribution in [3.63, 3.8) is 0 Å². The third kappa shape index (κ3) is 2.77. The Morgan fingerprint density at radius 3 is 2.64 bits per heavy atom. The standard InChI is InChI=1S/C17H12FNO3/c18-14-4-1-11(2-5-14)15(20)7-13(9-19)12-3-6-16-17(8-12)22-10-21-16/h1-6,8,13H,7,10H2/t13-/m0/s1. The van der Waals surface area contributed by atoms with Crippen LogP contribution in [0.15, 0.2) is 42.5 Å². The number of nitrogens with zero attached hydrogens (tertiary/aromatic N) is 1. The maximum absolute atomic E-state index is 12.9. The lowest BCUT2D eigenvalue weighted by molar-refractivity contribution is 0.0979. The smallest absolute Gasteiger partial charge is 0.231 e. The van der Waals surface area contributed by atoms with Crippen molar-refractivity contribution >= 4 is 5.78 Å². The van der Waals surface area contributed by atoms with Crippen LogP contribution in [-0.2, 0) is 0 Å². The first kappa shape index (κ1) is 14.1. The molecule has 0 radical (unpaired) electrons. The van der Waals surface area contributed by atoms with E-state index in [1.807, 2.05) is 0 Å². The second kappa shape index (κ2) is 5.86. The Bertz CT molecular complexity index is 749. The van der Waals surface area contributed by atoms with Crippen molar-refractivity contribution < 1.29 is 18.7 Å². The zero-order valence-corrected chi connectivity index (χ0v) is 11.6. The molecule has 1 heterocycles. The maximum Gasteiger partial charge on any atom is 0.231 e. The minimum atomic E-state index is -0.591. The van der Waals surface area contributed by atoms with Crippen LogP contribution in [0, 0.1) is 17.1 Å². The SMILES string of the molecule is N#C[C@H](CC(=O)c1ccc(F)cc1)c1ccc2c(c1)OCO2. The number of ketones is 1. The minimum Gasteiger partial charge on any atom is -0.454 e. The van der Waals surface area contributed by atoms with E-state index in [0.29, 0.717) is 22.6 Å². The molecule has 110 valence electrons. The summed E-state index contributed by atoms with van der Waals surface area (Å²) in [6.45, 7) is 0.157. The van der Waals surface area contributed by atoms with Gasteiger partial charge >= 0.3 is 0 Å². The van der Waals surface area contributed by atoms with Crippen molar-refractivity contribution in [2.24, 2.45) is 0 Å². The van der Waals surface area contributed by atoms with Gasteiger partial charge in [-0.3, -0.25) is 4.79 Å². The molecular formula is C17H12FNO3. The number of benzene rings is 2. The summed E-state index contributed by atoms with van der Waals surface area (Å²) in [7, 11) is 0. The molecule has 0 amide bonds. The van der Waals surface area contributed by atoms with Gasteiger partial charge in [0.2, 0.25) is 6.79 Å². The van der Waals surface area contributed by atoms with Crippen molar-refractivity contribution in [2.45, 2.75) is 12.3 Å². The molecule has 1 atom stereocenters. The van der Waals surface area contributed by atoms with Gasteiger partial charge in [0.15, 0.2) is 17.3 Å².